The quantitative estimate of drug-likeness (QED) is 0.537. The van der Waals surface area contributed by atoms with E-state index in [1.165, 1.54) is 0 Å². The second kappa shape index (κ2) is 7.87. The molecule has 0 aliphatic rings. The van der Waals surface area contributed by atoms with Crippen molar-refractivity contribution in [3.8, 4) is 5.69 Å². The van der Waals surface area contributed by atoms with Crippen LogP contribution < -0.4 is 16.6 Å². The highest BCUT2D eigenvalue weighted by Crippen LogP contribution is 2.15. The number of nitrogens with zero attached hydrogens (tertiary/aromatic N) is 2. The minimum Gasteiger partial charge on any atom is -0.352 e. The number of benzene rings is 2. The normalized spacial score (nSPS) is 11.0. The van der Waals surface area contributed by atoms with E-state index in [1.807, 2.05) is 49.4 Å². The fourth-order valence-corrected chi connectivity index (χ4v) is 3.53. The van der Waals surface area contributed by atoms with Crippen LogP contribution in [-0.2, 0) is 13.5 Å². The predicted octanol–water partition coefficient (Wildman–Crippen LogP) is 2.30. The number of aryl methyl sites for hydroxylation is 2. The Morgan fingerprint density at radius 1 is 1.03 bits per heavy atom. The zero-order chi connectivity index (χ0) is 21.3. The van der Waals surface area contributed by atoms with E-state index in [9.17, 15) is 14.4 Å². The van der Waals surface area contributed by atoms with E-state index in [0.29, 0.717) is 18.7 Å². The van der Waals surface area contributed by atoms with Gasteiger partial charge in [0, 0.05) is 19.8 Å². The number of amides is 1. The van der Waals surface area contributed by atoms with Gasteiger partial charge in [0.15, 0.2) is 0 Å². The van der Waals surface area contributed by atoms with Crippen molar-refractivity contribution in [2.24, 2.45) is 7.05 Å². The van der Waals surface area contributed by atoms with Gasteiger partial charge in [0.1, 0.15) is 5.52 Å². The Labute approximate surface area is 172 Å². The van der Waals surface area contributed by atoms with Crippen LogP contribution in [0.5, 0.6) is 0 Å². The van der Waals surface area contributed by atoms with Gasteiger partial charge < -0.3 is 14.9 Å². The molecule has 0 aliphatic heterocycles. The monoisotopic (exact) mass is 402 g/mol. The molecule has 4 rings (SSSR count). The number of rotatable bonds is 5. The lowest BCUT2D eigenvalue weighted by Crippen LogP contribution is -2.34. The highest BCUT2D eigenvalue weighted by Gasteiger charge is 2.20. The smallest absolute Gasteiger partial charge is 0.333 e. The molecular weight excluding hydrogens is 380 g/mol. The fourth-order valence-electron chi connectivity index (χ4n) is 3.53. The lowest BCUT2D eigenvalue weighted by molar-refractivity contribution is 0.0955. The van der Waals surface area contributed by atoms with Crippen molar-refractivity contribution in [1.82, 2.24) is 19.4 Å². The molecule has 4 aromatic rings. The maximum Gasteiger partial charge on any atom is 0.333 e. The second-order valence-corrected chi connectivity index (χ2v) is 7.28. The lowest BCUT2D eigenvalue weighted by Gasteiger charge is -2.07. The highest BCUT2D eigenvalue weighted by molar-refractivity contribution is 6.05. The van der Waals surface area contributed by atoms with Crippen LogP contribution in [0.2, 0.25) is 0 Å². The molecule has 0 fully saturated rings. The van der Waals surface area contributed by atoms with E-state index in [1.54, 1.807) is 29.9 Å². The molecule has 0 saturated heterocycles. The van der Waals surface area contributed by atoms with Crippen LogP contribution in [0.1, 0.15) is 21.5 Å². The minimum absolute atomic E-state index is 0.244. The van der Waals surface area contributed by atoms with Gasteiger partial charge in [-0.1, -0.05) is 48.0 Å². The summed E-state index contributed by atoms with van der Waals surface area (Å²) in [6, 6.07) is 16.9. The number of carbonyl (C=O) groups is 1. The van der Waals surface area contributed by atoms with Gasteiger partial charge in [-0.2, -0.15) is 0 Å². The number of H-pyrrole nitrogens is 1. The summed E-state index contributed by atoms with van der Waals surface area (Å²) in [6.07, 6.45) is 2.26. The summed E-state index contributed by atoms with van der Waals surface area (Å²) < 4.78 is 2.66. The molecule has 0 bridgehead atoms. The van der Waals surface area contributed by atoms with E-state index in [2.05, 4.69) is 10.3 Å². The fraction of sp³-hybridized carbons (Fsp3) is 0.174. The molecule has 0 unspecified atom stereocenters. The van der Waals surface area contributed by atoms with E-state index in [-0.39, 0.29) is 22.5 Å². The van der Waals surface area contributed by atoms with E-state index < -0.39 is 11.2 Å². The lowest BCUT2D eigenvalue weighted by atomic mass is 10.1. The maximum absolute atomic E-state index is 13.1. The van der Waals surface area contributed by atoms with Crippen LogP contribution in [-0.4, -0.2) is 26.6 Å². The Bertz CT molecular complexity index is 1330. The summed E-state index contributed by atoms with van der Waals surface area (Å²) in [6.45, 7) is 2.38. The Hall–Kier alpha value is -3.87. The van der Waals surface area contributed by atoms with Crippen LogP contribution >= 0.6 is 0 Å². The number of hydrogen-bond acceptors (Lipinski definition) is 3. The number of aromatic amines is 1. The van der Waals surface area contributed by atoms with Crippen LogP contribution in [0.3, 0.4) is 0 Å². The van der Waals surface area contributed by atoms with Crippen molar-refractivity contribution < 1.29 is 4.79 Å². The summed E-state index contributed by atoms with van der Waals surface area (Å²) in [4.78, 5) is 41.2. The van der Waals surface area contributed by atoms with E-state index in [0.717, 1.165) is 15.7 Å². The zero-order valence-corrected chi connectivity index (χ0v) is 16.8. The molecule has 0 aliphatic carbocycles. The van der Waals surface area contributed by atoms with Crippen LogP contribution in [0, 0.1) is 6.92 Å². The molecule has 0 spiro atoms. The van der Waals surface area contributed by atoms with Gasteiger partial charge >= 0.3 is 5.69 Å². The molecule has 2 heterocycles. The van der Waals surface area contributed by atoms with Gasteiger partial charge in [-0.15, -0.1) is 0 Å². The largest absolute Gasteiger partial charge is 0.352 e. The van der Waals surface area contributed by atoms with Gasteiger partial charge in [-0.25, -0.2) is 9.36 Å². The van der Waals surface area contributed by atoms with Gasteiger partial charge in [0.2, 0.25) is 0 Å². The molecule has 152 valence electrons. The molecule has 2 aromatic heterocycles. The van der Waals surface area contributed by atoms with Gasteiger partial charge in [-0.3, -0.25) is 9.59 Å². The molecular formula is C23H22N4O3. The molecule has 0 atom stereocenters. The van der Waals surface area contributed by atoms with Crippen molar-refractivity contribution in [1.29, 1.82) is 0 Å². The zero-order valence-electron chi connectivity index (χ0n) is 16.8. The van der Waals surface area contributed by atoms with Gasteiger partial charge in [-0.05, 0) is 31.0 Å². The maximum atomic E-state index is 13.1. The third kappa shape index (κ3) is 3.57. The minimum atomic E-state index is -0.583. The number of fused-ring (bicyclic) bond motifs is 1. The summed E-state index contributed by atoms with van der Waals surface area (Å²) in [5.41, 5.74) is 2.35. The number of nitrogens with one attached hydrogen (secondary N) is 2. The summed E-state index contributed by atoms with van der Waals surface area (Å²) in [5, 5.41) is 2.86. The van der Waals surface area contributed by atoms with Crippen LogP contribution in [0.15, 0.2) is 70.4 Å². The first kappa shape index (κ1) is 19.4. The van der Waals surface area contributed by atoms with E-state index >= 15 is 0 Å². The second-order valence-electron chi connectivity index (χ2n) is 7.28. The first-order chi connectivity index (χ1) is 14.5. The average Bonchev–Trinajstić information content (AvgIpc) is 3.06. The molecule has 0 saturated carbocycles. The summed E-state index contributed by atoms with van der Waals surface area (Å²) >= 11 is 0. The first-order valence-corrected chi connectivity index (χ1v) is 9.69. The number of hydrogen-bond donors (Lipinski definition) is 2. The highest BCUT2D eigenvalue weighted by atomic mass is 16.2. The number of carbonyl (C=O) groups excluding carboxylic acids is 1. The molecule has 7 nitrogen and oxygen atoms in total. The van der Waals surface area contributed by atoms with Crippen molar-refractivity contribution >= 4 is 16.9 Å². The standard InChI is InChI=1S/C23H22N4O3/c1-15-8-10-17(11-9-15)27-22(29)20-19(25-23(27)30)18(14-26(20)2)21(28)24-13-12-16-6-4-3-5-7-16/h3-11,14H,12-13H2,1-2H3,(H,24,28)(H,25,30). The first-order valence-electron chi connectivity index (χ1n) is 9.69. The predicted molar refractivity (Wildman–Crippen MR) is 116 cm³/mol. The third-order valence-corrected chi connectivity index (χ3v) is 5.10. The Balaban J connectivity index is 1.67. The van der Waals surface area contributed by atoms with Crippen molar-refractivity contribution in [2.75, 3.05) is 6.54 Å². The van der Waals surface area contributed by atoms with Crippen molar-refractivity contribution in [2.45, 2.75) is 13.3 Å². The third-order valence-electron chi connectivity index (χ3n) is 5.10. The molecule has 30 heavy (non-hydrogen) atoms. The SMILES string of the molecule is Cc1ccc(-n2c(=O)[nH]c3c(C(=O)NCCc4ccccc4)cn(C)c3c2=O)cc1. The Kier molecular flexibility index (Phi) is 5.10. The van der Waals surface area contributed by atoms with Crippen LogP contribution in [0.25, 0.3) is 16.7 Å². The van der Waals surface area contributed by atoms with Crippen molar-refractivity contribution in [3.05, 3.63) is 98.3 Å². The number of aromatic nitrogens is 3. The van der Waals surface area contributed by atoms with Gasteiger partial charge in [0.05, 0.1) is 16.8 Å². The topological polar surface area (TPSA) is 88.9 Å². The molecule has 1 amide bonds. The summed E-state index contributed by atoms with van der Waals surface area (Å²) in [5.74, 6) is -0.334. The molecule has 0 radical (unpaired) electrons. The molecule has 7 heteroatoms. The Morgan fingerprint density at radius 3 is 2.43 bits per heavy atom. The summed E-state index contributed by atoms with van der Waals surface area (Å²) in [7, 11) is 1.68. The Morgan fingerprint density at radius 2 is 1.73 bits per heavy atom. The molecule has 2 aromatic carbocycles. The van der Waals surface area contributed by atoms with Gasteiger partial charge in [0.25, 0.3) is 11.5 Å². The van der Waals surface area contributed by atoms with Crippen LogP contribution in [0.4, 0.5) is 0 Å². The van der Waals surface area contributed by atoms with Crippen molar-refractivity contribution in [3.63, 3.8) is 0 Å². The van der Waals surface area contributed by atoms with E-state index in [4.69, 9.17) is 0 Å². The molecule has 2 N–H and O–H groups in total. The average molecular weight is 402 g/mol.